The Balaban J connectivity index is -0.000000426. The molecule has 1 rings (SSSR count). The number of hydrogen-bond acceptors (Lipinski definition) is 1. The van der Waals surface area contributed by atoms with Gasteiger partial charge in [0.05, 0.1) is 0 Å². The van der Waals surface area contributed by atoms with Crippen molar-refractivity contribution in [2.24, 2.45) is 0 Å². The summed E-state index contributed by atoms with van der Waals surface area (Å²) in [7, 11) is 1.33. The normalized spacial score (nSPS) is 9.16. The number of benzene rings is 1. The molecule has 0 unspecified atom stereocenters. The summed E-state index contributed by atoms with van der Waals surface area (Å²) in [5.74, 6) is -9.57. The SMILES string of the molecule is CC.CCC.CNCc1c(F)c(F)c(F)c(F)c1F.[HH]. The van der Waals surface area contributed by atoms with E-state index in [0.29, 0.717) is 0 Å². The maximum Gasteiger partial charge on any atom is 0.200 e. The Labute approximate surface area is 112 Å². The van der Waals surface area contributed by atoms with Crippen molar-refractivity contribution in [1.82, 2.24) is 5.32 Å². The largest absolute Gasteiger partial charge is 0.315 e. The quantitative estimate of drug-likeness (QED) is 0.468. The van der Waals surface area contributed by atoms with Crippen molar-refractivity contribution < 1.29 is 23.4 Å². The molecule has 0 aromatic heterocycles. The van der Waals surface area contributed by atoms with Crippen LogP contribution in [0.2, 0.25) is 0 Å². The molecule has 0 aliphatic carbocycles. The summed E-state index contributed by atoms with van der Waals surface area (Å²) in [5, 5.41) is 2.30. The van der Waals surface area contributed by atoms with E-state index < -0.39 is 41.2 Å². The van der Waals surface area contributed by atoms with Crippen LogP contribution in [-0.2, 0) is 6.54 Å². The second-order valence-corrected chi connectivity index (χ2v) is 3.29. The Kier molecular flexibility index (Phi) is 11.4. The highest BCUT2D eigenvalue weighted by Crippen LogP contribution is 2.22. The molecule has 6 heteroatoms. The van der Waals surface area contributed by atoms with Crippen molar-refractivity contribution in [2.75, 3.05) is 7.05 Å². The van der Waals surface area contributed by atoms with Crippen molar-refractivity contribution in [2.45, 2.75) is 40.7 Å². The van der Waals surface area contributed by atoms with Crippen LogP contribution in [0.1, 0.15) is 41.1 Å². The van der Waals surface area contributed by atoms with E-state index in [1.54, 1.807) is 0 Å². The first-order chi connectivity index (χ1) is 8.92. The first kappa shape index (κ1) is 20.2. The zero-order valence-electron chi connectivity index (χ0n) is 11.8. The Bertz CT molecular complexity index is 357. The number of nitrogens with one attached hydrogen (secondary N) is 1. The molecule has 0 aliphatic heterocycles. The number of hydrogen-bond donors (Lipinski definition) is 1. The minimum Gasteiger partial charge on any atom is -0.315 e. The first-order valence-electron chi connectivity index (χ1n) is 6.07. The monoisotopic (exact) mass is 287 g/mol. The molecule has 19 heavy (non-hydrogen) atoms. The summed E-state index contributed by atoms with van der Waals surface area (Å²) in [5.41, 5.74) is -0.858. The highest BCUT2D eigenvalue weighted by Gasteiger charge is 2.24. The maximum absolute atomic E-state index is 12.8. The van der Waals surface area contributed by atoms with E-state index in [4.69, 9.17) is 0 Å². The van der Waals surface area contributed by atoms with Crippen molar-refractivity contribution in [3.05, 3.63) is 34.6 Å². The van der Waals surface area contributed by atoms with E-state index in [9.17, 15) is 22.0 Å². The van der Waals surface area contributed by atoms with Crippen LogP contribution in [0.5, 0.6) is 0 Å². The van der Waals surface area contributed by atoms with Gasteiger partial charge in [0.25, 0.3) is 0 Å². The molecule has 1 N–H and O–H groups in total. The van der Waals surface area contributed by atoms with Gasteiger partial charge in [-0.3, -0.25) is 0 Å². The van der Waals surface area contributed by atoms with Crippen LogP contribution in [0.15, 0.2) is 0 Å². The fourth-order valence-corrected chi connectivity index (χ4v) is 0.982. The van der Waals surface area contributed by atoms with Crippen LogP contribution in [0.25, 0.3) is 0 Å². The zero-order valence-corrected chi connectivity index (χ0v) is 11.8. The van der Waals surface area contributed by atoms with Gasteiger partial charge in [0, 0.05) is 13.5 Å². The van der Waals surface area contributed by atoms with Crippen LogP contribution >= 0.6 is 0 Å². The van der Waals surface area contributed by atoms with E-state index in [0.717, 1.165) is 0 Å². The van der Waals surface area contributed by atoms with E-state index in [2.05, 4.69) is 19.2 Å². The lowest BCUT2D eigenvalue weighted by Crippen LogP contribution is -2.13. The number of rotatable bonds is 2. The Morgan fingerprint density at radius 2 is 1.05 bits per heavy atom. The molecular weight excluding hydrogens is 265 g/mol. The van der Waals surface area contributed by atoms with Gasteiger partial charge in [-0.2, -0.15) is 0 Å². The van der Waals surface area contributed by atoms with Crippen molar-refractivity contribution >= 4 is 0 Å². The van der Waals surface area contributed by atoms with Crippen LogP contribution in [-0.4, -0.2) is 7.05 Å². The predicted octanol–water partition coefficient (Wildman–Crippen LogP) is 4.79. The van der Waals surface area contributed by atoms with Gasteiger partial charge in [0.1, 0.15) is 0 Å². The lowest BCUT2D eigenvalue weighted by atomic mass is 10.1. The average Bonchev–Trinajstić information content (AvgIpc) is 2.42. The third-order valence-corrected chi connectivity index (χ3v) is 1.65. The summed E-state index contributed by atoms with van der Waals surface area (Å²) in [4.78, 5) is 0. The Hall–Kier alpha value is -1.17. The lowest BCUT2D eigenvalue weighted by molar-refractivity contribution is 0.368. The molecular formula is C13H22F5N. The molecule has 0 spiro atoms. The van der Waals surface area contributed by atoms with Gasteiger partial charge in [-0.25, -0.2) is 22.0 Å². The van der Waals surface area contributed by atoms with Crippen LogP contribution in [0, 0.1) is 29.1 Å². The van der Waals surface area contributed by atoms with Gasteiger partial charge in [-0.05, 0) is 7.05 Å². The van der Waals surface area contributed by atoms with Gasteiger partial charge in [0.15, 0.2) is 23.3 Å². The summed E-state index contributed by atoms with van der Waals surface area (Å²) >= 11 is 0. The molecule has 1 nitrogen and oxygen atoms in total. The molecule has 0 aliphatic rings. The van der Waals surface area contributed by atoms with Crippen molar-refractivity contribution in [1.29, 1.82) is 0 Å². The van der Waals surface area contributed by atoms with E-state index >= 15 is 0 Å². The standard InChI is InChI=1S/C8H6F5N.C3H8.C2H6.H2/c1-14-2-3-4(9)6(11)8(13)7(12)5(3)10;1-3-2;1-2;/h14H,2H2,1H3;3H2,1-2H3;1-2H3;1H. The predicted molar refractivity (Wildman–Crippen MR) is 68.4 cm³/mol. The molecule has 0 fully saturated rings. The summed E-state index contributed by atoms with van der Waals surface area (Å²) < 4.78 is 63.2. The van der Waals surface area contributed by atoms with Crippen LogP contribution in [0.3, 0.4) is 0 Å². The van der Waals surface area contributed by atoms with Gasteiger partial charge >= 0.3 is 0 Å². The molecule has 0 saturated heterocycles. The summed E-state index contributed by atoms with van der Waals surface area (Å²) in [6.45, 7) is 7.83. The molecule has 114 valence electrons. The first-order valence-corrected chi connectivity index (χ1v) is 6.07. The van der Waals surface area contributed by atoms with E-state index in [1.165, 1.54) is 13.5 Å². The highest BCUT2D eigenvalue weighted by molar-refractivity contribution is 5.23. The van der Waals surface area contributed by atoms with E-state index in [-0.39, 0.29) is 1.43 Å². The average molecular weight is 287 g/mol. The second-order valence-electron chi connectivity index (χ2n) is 3.29. The van der Waals surface area contributed by atoms with Crippen LogP contribution < -0.4 is 5.32 Å². The minimum absolute atomic E-state index is 0. The lowest BCUT2D eigenvalue weighted by Gasteiger charge is -2.06. The smallest absolute Gasteiger partial charge is 0.200 e. The van der Waals surface area contributed by atoms with E-state index in [1.807, 2.05) is 13.8 Å². The number of halogens is 5. The molecule has 1 aromatic rings. The summed E-state index contributed by atoms with van der Waals surface area (Å²) in [6.07, 6.45) is 1.25. The molecule has 0 saturated carbocycles. The Morgan fingerprint density at radius 1 is 0.789 bits per heavy atom. The minimum atomic E-state index is -2.14. The van der Waals surface area contributed by atoms with Crippen molar-refractivity contribution in [3.63, 3.8) is 0 Å². The molecule has 0 radical (unpaired) electrons. The van der Waals surface area contributed by atoms with Crippen molar-refractivity contribution in [3.8, 4) is 0 Å². The molecule has 1 aromatic carbocycles. The van der Waals surface area contributed by atoms with Gasteiger partial charge in [0.2, 0.25) is 5.82 Å². The van der Waals surface area contributed by atoms with Gasteiger partial charge < -0.3 is 5.32 Å². The van der Waals surface area contributed by atoms with Gasteiger partial charge in [-0.15, -0.1) is 0 Å². The van der Waals surface area contributed by atoms with Crippen LogP contribution in [0.4, 0.5) is 22.0 Å². The fraction of sp³-hybridized carbons (Fsp3) is 0.538. The zero-order chi connectivity index (χ0) is 15.6. The second kappa shape index (κ2) is 10.7. The highest BCUT2D eigenvalue weighted by atomic mass is 19.2. The van der Waals surface area contributed by atoms with Gasteiger partial charge in [-0.1, -0.05) is 34.1 Å². The maximum atomic E-state index is 12.8. The summed E-state index contributed by atoms with van der Waals surface area (Å²) in [6, 6.07) is 0. The third kappa shape index (κ3) is 5.55. The Morgan fingerprint density at radius 3 is 1.32 bits per heavy atom. The molecule has 0 atom stereocenters. The fourth-order valence-electron chi connectivity index (χ4n) is 0.982. The molecule has 0 amide bonds. The molecule has 0 bridgehead atoms. The third-order valence-electron chi connectivity index (χ3n) is 1.65. The topological polar surface area (TPSA) is 12.0 Å². The molecule has 0 heterocycles.